The summed E-state index contributed by atoms with van der Waals surface area (Å²) < 4.78 is 11.7. The Morgan fingerprint density at radius 3 is 2.76 bits per heavy atom. The van der Waals surface area contributed by atoms with Crippen LogP contribution in [0.2, 0.25) is 0 Å². The summed E-state index contributed by atoms with van der Waals surface area (Å²) in [6.45, 7) is 5.86. The van der Waals surface area contributed by atoms with Gasteiger partial charge in [-0.3, -0.25) is 0 Å². The van der Waals surface area contributed by atoms with Crippen LogP contribution in [0.5, 0.6) is 17.4 Å². The number of carboxylic acids is 1. The summed E-state index contributed by atoms with van der Waals surface area (Å²) >= 11 is 0. The molecule has 0 spiro atoms. The van der Waals surface area contributed by atoms with Gasteiger partial charge in [0.15, 0.2) is 0 Å². The Hall–Kier alpha value is -2.83. The lowest BCUT2D eigenvalue weighted by Gasteiger charge is -2.16. The van der Waals surface area contributed by atoms with Crippen LogP contribution in [0.4, 0.5) is 0 Å². The van der Waals surface area contributed by atoms with Crippen LogP contribution in [0.15, 0.2) is 18.2 Å². The quantitative estimate of drug-likeness (QED) is 0.860. The van der Waals surface area contributed by atoms with Crippen molar-refractivity contribution in [2.45, 2.75) is 45.8 Å². The Morgan fingerprint density at radius 1 is 1.32 bits per heavy atom. The van der Waals surface area contributed by atoms with Gasteiger partial charge in [0.25, 0.3) is 0 Å². The molecule has 0 atom stereocenters. The summed E-state index contributed by atoms with van der Waals surface area (Å²) in [5.41, 5.74) is 1.05. The van der Waals surface area contributed by atoms with E-state index in [4.69, 9.17) is 9.47 Å². The first-order valence-electron chi connectivity index (χ1n) is 8.05. The minimum absolute atomic E-state index is 0.0963. The SMILES string of the molecule is CCc1nc(O)cc(COc2cc(C(=O)O)cc3c2CC(C)(C)O3)n1. The van der Waals surface area contributed by atoms with E-state index >= 15 is 0 Å². The highest BCUT2D eigenvalue weighted by molar-refractivity contribution is 5.89. The van der Waals surface area contributed by atoms with Crippen molar-refractivity contribution in [1.29, 1.82) is 0 Å². The molecule has 7 nitrogen and oxygen atoms in total. The van der Waals surface area contributed by atoms with Crippen LogP contribution >= 0.6 is 0 Å². The molecule has 0 unspecified atom stereocenters. The highest BCUT2D eigenvalue weighted by Crippen LogP contribution is 2.41. The molecular weight excluding hydrogens is 324 g/mol. The summed E-state index contributed by atoms with van der Waals surface area (Å²) in [5, 5.41) is 19.0. The number of nitrogens with zero attached hydrogens (tertiary/aromatic N) is 2. The number of aromatic carboxylic acids is 1. The van der Waals surface area contributed by atoms with E-state index < -0.39 is 11.6 Å². The fraction of sp³-hybridized carbons (Fsp3) is 0.389. The number of aromatic nitrogens is 2. The van der Waals surface area contributed by atoms with Gasteiger partial charge in [0.1, 0.15) is 29.5 Å². The molecule has 0 aliphatic carbocycles. The van der Waals surface area contributed by atoms with E-state index in [9.17, 15) is 15.0 Å². The number of ether oxygens (including phenoxy) is 2. The Labute approximate surface area is 145 Å². The van der Waals surface area contributed by atoms with Crippen LogP contribution in [0.1, 0.15) is 48.2 Å². The second-order valence-corrected chi connectivity index (χ2v) is 6.57. The Bertz CT molecular complexity index is 832. The number of carbonyl (C=O) groups is 1. The molecule has 1 aromatic heterocycles. The van der Waals surface area contributed by atoms with Crippen molar-refractivity contribution in [2.24, 2.45) is 0 Å². The summed E-state index contributed by atoms with van der Waals surface area (Å²) in [6.07, 6.45) is 1.21. The van der Waals surface area contributed by atoms with E-state index in [1.54, 1.807) is 0 Å². The fourth-order valence-electron chi connectivity index (χ4n) is 2.82. The summed E-state index contributed by atoms with van der Waals surface area (Å²) in [6, 6.07) is 4.44. The summed E-state index contributed by atoms with van der Waals surface area (Å²) in [4.78, 5) is 19.6. The van der Waals surface area contributed by atoms with Crippen molar-refractivity contribution < 1.29 is 24.5 Å². The van der Waals surface area contributed by atoms with Crippen molar-refractivity contribution in [1.82, 2.24) is 9.97 Å². The predicted molar refractivity (Wildman–Crippen MR) is 89.2 cm³/mol. The van der Waals surface area contributed by atoms with Crippen molar-refractivity contribution >= 4 is 5.97 Å². The summed E-state index contributed by atoms with van der Waals surface area (Å²) in [5.74, 6) is 0.345. The van der Waals surface area contributed by atoms with Crippen LogP contribution in [-0.4, -0.2) is 31.8 Å². The molecule has 0 saturated heterocycles. The zero-order valence-electron chi connectivity index (χ0n) is 14.4. The molecule has 7 heteroatoms. The summed E-state index contributed by atoms with van der Waals surface area (Å²) in [7, 11) is 0. The smallest absolute Gasteiger partial charge is 0.335 e. The van der Waals surface area contributed by atoms with Gasteiger partial charge in [-0.1, -0.05) is 6.92 Å². The molecule has 1 aliphatic heterocycles. The molecule has 132 valence electrons. The van der Waals surface area contributed by atoms with Gasteiger partial charge in [-0.25, -0.2) is 9.78 Å². The van der Waals surface area contributed by atoms with Crippen molar-refractivity contribution in [2.75, 3.05) is 0 Å². The monoisotopic (exact) mass is 344 g/mol. The first kappa shape index (κ1) is 17.0. The average Bonchev–Trinajstić information content (AvgIpc) is 2.85. The second-order valence-electron chi connectivity index (χ2n) is 6.57. The van der Waals surface area contributed by atoms with E-state index in [1.807, 2.05) is 20.8 Å². The highest BCUT2D eigenvalue weighted by Gasteiger charge is 2.33. The van der Waals surface area contributed by atoms with E-state index in [2.05, 4.69) is 9.97 Å². The molecule has 0 saturated carbocycles. The Morgan fingerprint density at radius 2 is 2.08 bits per heavy atom. The van der Waals surface area contributed by atoms with Gasteiger partial charge < -0.3 is 19.7 Å². The molecule has 0 fully saturated rings. The minimum Gasteiger partial charge on any atom is -0.493 e. The van der Waals surface area contributed by atoms with Crippen LogP contribution in [0.25, 0.3) is 0 Å². The number of aromatic hydroxyl groups is 1. The molecule has 2 N–H and O–H groups in total. The lowest BCUT2D eigenvalue weighted by molar-refractivity contribution is 0.0695. The van der Waals surface area contributed by atoms with Crippen LogP contribution < -0.4 is 9.47 Å². The van der Waals surface area contributed by atoms with Gasteiger partial charge in [0, 0.05) is 24.5 Å². The van der Waals surface area contributed by atoms with Gasteiger partial charge in [0.05, 0.1) is 11.3 Å². The molecule has 0 radical (unpaired) electrons. The van der Waals surface area contributed by atoms with E-state index in [0.29, 0.717) is 35.9 Å². The molecule has 1 aromatic carbocycles. The number of benzene rings is 1. The zero-order chi connectivity index (χ0) is 18.2. The molecule has 25 heavy (non-hydrogen) atoms. The first-order chi connectivity index (χ1) is 11.8. The van der Waals surface area contributed by atoms with Crippen LogP contribution in [0, 0.1) is 0 Å². The topological polar surface area (TPSA) is 102 Å². The van der Waals surface area contributed by atoms with Crippen molar-refractivity contribution in [3.63, 3.8) is 0 Å². The minimum atomic E-state index is -1.05. The average molecular weight is 344 g/mol. The molecule has 3 rings (SSSR count). The molecule has 0 bridgehead atoms. The lowest BCUT2D eigenvalue weighted by Crippen LogP contribution is -2.24. The maximum absolute atomic E-state index is 11.4. The number of hydrogen-bond donors (Lipinski definition) is 2. The largest absolute Gasteiger partial charge is 0.493 e. The number of hydrogen-bond acceptors (Lipinski definition) is 6. The zero-order valence-corrected chi connectivity index (χ0v) is 14.4. The van der Waals surface area contributed by atoms with E-state index in [1.165, 1.54) is 18.2 Å². The molecule has 2 heterocycles. The third-order valence-corrected chi connectivity index (χ3v) is 3.91. The van der Waals surface area contributed by atoms with Crippen molar-refractivity contribution in [3.8, 4) is 17.4 Å². The lowest BCUT2D eigenvalue weighted by atomic mass is 10.00. The van der Waals surface area contributed by atoms with Gasteiger partial charge in [-0.05, 0) is 26.0 Å². The number of aryl methyl sites for hydroxylation is 1. The number of fused-ring (bicyclic) bond motifs is 1. The highest BCUT2D eigenvalue weighted by atomic mass is 16.5. The van der Waals surface area contributed by atoms with Gasteiger partial charge in [-0.15, -0.1) is 0 Å². The van der Waals surface area contributed by atoms with Crippen molar-refractivity contribution in [3.05, 3.63) is 40.8 Å². The second kappa shape index (κ2) is 6.23. The third-order valence-electron chi connectivity index (χ3n) is 3.91. The van der Waals surface area contributed by atoms with Gasteiger partial charge >= 0.3 is 5.97 Å². The van der Waals surface area contributed by atoms with Gasteiger partial charge in [-0.2, -0.15) is 4.98 Å². The van der Waals surface area contributed by atoms with Crippen LogP contribution in [-0.2, 0) is 19.4 Å². The number of rotatable bonds is 5. The first-order valence-corrected chi connectivity index (χ1v) is 8.05. The normalized spacial score (nSPS) is 14.7. The molecular formula is C18H20N2O5. The molecule has 2 aromatic rings. The molecule has 0 amide bonds. The number of carboxylic acid groups (broad SMARTS) is 1. The van der Waals surface area contributed by atoms with Gasteiger partial charge in [0.2, 0.25) is 5.88 Å². The standard InChI is InChI=1S/C18H20N2O5/c1-4-15-19-11(7-16(21)20-15)9-24-13-5-10(17(22)23)6-14-12(13)8-18(2,3)25-14/h5-7H,4,8-9H2,1-3H3,(H,22,23)(H,19,20,21). The predicted octanol–water partition coefficient (Wildman–Crippen LogP) is 2.74. The van der Waals surface area contributed by atoms with Crippen LogP contribution in [0.3, 0.4) is 0 Å². The molecule has 1 aliphatic rings. The maximum atomic E-state index is 11.4. The maximum Gasteiger partial charge on any atom is 0.335 e. The Balaban J connectivity index is 1.90. The fourth-order valence-corrected chi connectivity index (χ4v) is 2.82. The van der Waals surface area contributed by atoms with E-state index in [0.717, 1.165) is 5.56 Å². The third kappa shape index (κ3) is 3.65. The Kier molecular flexibility index (Phi) is 4.24. The van der Waals surface area contributed by atoms with E-state index in [-0.39, 0.29) is 18.1 Å².